The van der Waals surface area contributed by atoms with Crippen molar-refractivity contribution in [3.05, 3.63) is 58.1 Å². The SMILES string of the molecule is CCOCCOc1ccc(C(=O)NC(=S)NNC(=O)COc2ccc(C(C)C)cc2Br)cc1. The maximum absolute atomic E-state index is 12.3. The van der Waals surface area contributed by atoms with E-state index in [4.69, 9.17) is 26.4 Å². The van der Waals surface area contributed by atoms with Crippen LogP contribution in [0.25, 0.3) is 0 Å². The lowest BCUT2D eigenvalue weighted by molar-refractivity contribution is -0.123. The van der Waals surface area contributed by atoms with Gasteiger partial charge >= 0.3 is 0 Å². The molecule has 0 saturated heterocycles. The Kier molecular flexibility index (Phi) is 11.1. The molecule has 0 spiro atoms. The third-order valence-corrected chi connectivity index (χ3v) is 5.16. The zero-order chi connectivity index (χ0) is 24.2. The molecule has 0 aliphatic rings. The van der Waals surface area contributed by atoms with Gasteiger partial charge in [-0.05, 0) is 83.0 Å². The Morgan fingerprint density at radius 2 is 1.76 bits per heavy atom. The Bertz CT molecular complexity index is 954. The second-order valence-electron chi connectivity index (χ2n) is 7.16. The van der Waals surface area contributed by atoms with Crippen LogP contribution in [0.1, 0.15) is 42.6 Å². The van der Waals surface area contributed by atoms with Gasteiger partial charge in [0, 0.05) is 12.2 Å². The highest BCUT2D eigenvalue weighted by atomic mass is 79.9. The molecule has 10 heteroatoms. The molecule has 2 rings (SSSR count). The number of ether oxygens (including phenoxy) is 3. The van der Waals surface area contributed by atoms with Crippen molar-refractivity contribution in [2.45, 2.75) is 26.7 Å². The fourth-order valence-corrected chi connectivity index (χ4v) is 3.23. The summed E-state index contributed by atoms with van der Waals surface area (Å²) < 4.78 is 17.0. The zero-order valence-electron chi connectivity index (χ0n) is 18.8. The van der Waals surface area contributed by atoms with Crippen LogP contribution in [0.2, 0.25) is 0 Å². The van der Waals surface area contributed by atoms with E-state index in [1.54, 1.807) is 30.3 Å². The summed E-state index contributed by atoms with van der Waals surface area (Å²) in [7, 11) is 0. The van der Waals surface area contributed by atoms with Gasteiger partial charge in [-0.2, -0.15) is 0 Å². The molecule has 0 saturated carbocycles. The molecule has 2 aromatic rings. The molecule has 0 aromatic heterocycles. The second kappa shape index (κ2) is 13.8. The third-order valence-electron chi connectivity index (χ3n) is 4.34. The van der Waals surface area contributed by atoms with Gasteiger partial charge < -0.3 is 14.2 Å². The van der Waals surface area contributed by atoms with Crippen LogP contribution in [0.15, 0.2) is 46.9 Å². The summed E-state index contributed by atoms with van der Waals surface area (Å²) in [5.41, 5.74) is 6.41. The van der Waals surface area contributed by atoms with Crippen molar-refractivity contribution in [1.29, 1.82) is 0 Å². The van der Waals surface area contributed by atoms with Crippen molar-refractivity contribution < 1.29 is 23.8 Å². The summed E-state index contributed by atoms with van der Waals surface area (Å²) in [6, 6.07) is 12.3. The average Bonchev–Trinajstić information content (AvgIpc) is 2.80. The molecule has 2 aromatic carbocycles. The van der Waals surface area contributed by atoms with E-state index in [0.717, 1.165) is 10.0 Å². The van der Waals surface area contributed by atoms with Gasteiger partial charge in [-0.1, -0.05) is 19.9 Å². The maximum atomic E-state index is 12.3. The minimum Gasteiger partial charge on any atom is -0.491 e. The number of thiocarbonyl (C=S) groups is 1. The van der Waals surface area contributed by atoms with Crippen molar-refractivity contribution >= 4 is 45.1 Å². The fourth-order valence-electron chi connectivity index (χ4n) is 2.57. The Morgan fingerprint density at radius 1 is 1.03 bits per heavy atom. The normalized spacial score (nSPS) is 10.5. The van der Waals surface area contributed by atoms with Crippen molar-refractivity contribution in [3.8, 4) is 11.5 Å². The van der Waals surface area contributed by atoms with E-state index in [1.165, 1.54) is 0 Å². The summed E-state index contributed by atoms with van der Waals surface area (Å²) in [6.07, 6.45) is 0. The lowest BCUT2D eigenvalue weighted by atomic mass is 10.0. The smallest absolute Gasteiger partial charge is 0.276 e. The molecule has 8 nitrogen and oxygen atoms in total. The highest BCUT2D eigenvalue weighted by Gasteiger charge is 2.11. The standard InChI is InChI=1S/C23H28BrN3O5S/c1-4-30-11-12-31-18-8-5-16(6-9-18)22(29)25-23(33)27-26-21(28)14-32-20-10-7-17(15(2)3)13-19(20)24/h5-10,13,15H,4,11-12,14H2,1-3H3,(H,26,28)(H2,25,27,29,33). The predicted octanol–water partition coefficient (Wildman–Crippen LogP) is 3.70. The molecule has 33 heavy (non-hydrogen) atoms. The summed E-state index contributed by atoms with van der Waals surface area (Å²) in [5, 5.41) is 2.44. The molecule has 0 aliphatic carbocycles. The van der Waals surface area contributed by atoms with Crippen LogP contribution in [0.3, 0.4) is 0 Å². The number of carbonyl (C=O) groups excluding carboxylic acids is 2. The first-order chi connectivity index (χ1) is 15.8. The van der Waals surface area contributed by atoms with Gasteiger partial charge in [0.1, 0.15) is 18.1 Å². The number of rotatable bonds is 10. The highest BCUT2D eigenvalue weighted by Crippen LogP contribution is 2.28. The lowest BCUT2D eigenvalue weighted by Gasteiger charge is -2.13. The molecule has 3 N–H and O–H groups in total. The van der Waals surface area contributed by atoms with Crippen LogP contribution in [-0.2, 0) is 9.53 Å². The van der Waals surface area contributed by atoms with Gasteiger partial charge in [0.25, 0.3) is 11.8 Å². The molecule has 0 fully saturated rings. The predicted molar refractivity (Wildman–Crippen MR) is 133 cm³/mol. The Balaban J connectivity index is 1.72. The first-order valence-corrected chi connectivity index (χ1v) is 11.6. The molecule has 2 amide bonds. The molecule has 0 heterocycles. The van der Waals surface area contributed by atoms with E-state index < -0.39 is 11.8 Å². The number of halogens is 1. The monoisotopic (exact) mass is 537 g/mol. The van der Waals surface area contributed by atoms with E-state index in [0.29, 0.717) is 42.8 Å². The van der Waals surface area contributed by atoms with Crippen LogP contribution in [0, 0.1) is 0 Å². The minimum atomic E-state index is -0.458. The number of carbonyl (C=O) groups is 2. The maximum Gasteiger partial charge on any atom is 0.276 e. The first kappa shape index (κ1) is 26.6. The number of hydrogen-bond acceptors (Lipinski definition) is 6. The van der Waals surface area contributed by atoms with Gasteiger partial charge in [-0.3, -0.25) is 25.8 Å². The van der Waals surface area contributed by atoms with E-state index in [1.807, 2.05) is 19.1 Å². The average molecular weight is 538 g/mol. The van der Waals surface area contributed by atoms with E-state index in [9.17, 15) is 9.59 Å². The van der Waals surface area contributed by atoms with Gasteiger partial charge in [0.2, 0.25) is 0 Å². The topological polar surface area (TPSA) is 97.9 Å². The number of benzene rings is 2. The zero-order valence-corrected chi connectivity index (χ0v) is 21.2. The highest BCUT2D eigenvalue weighted by molar-refractivity contribution is 9.10. The van der Waals surface area contributed by atoms with Crippen molar-refractivity contribution in [3.63, 3.8) is 0 Å². The molecule has 0 unspecified atom stereocenters. The summed E-state index contributed by atoms with van der Waals surface area (Å²) in [6.45, 7) is 7.43. The summed E-state index contributed by atoms with van der Waals surface area (Å²) >= 11 is 8.49. The summed E-state index contributed by atoms with van der Waals surface area (Å²) in [4.78, 5) is 24.3. The quantitative estimate of drug-likeness (QED) is 0.241. The Labute approximate surface area is 207 Å². The fraction of sp³-hybridized carbons (Fsp3) is 0.348. The van der Waals surface area contributed by atoms with Crippen LogP contribution in [-0.4, -0.2) is 43.4 Å². The van der Waals surface area contributed by atoms with Crippen LogP contribution in [0.5, 0.6) is 11.5 Å². The molecule has 0 radical (unpaired) electrons. The molecular weight excluding hydrogens is 510 g/mol. The number of nitrogens with one attached hydrogen (secondary N) is 3. The number of amides is 2. The molecular formula is C23H28BrN3O5S. The van der Waals surface area contributed by atoms with Crippen LogP contribution in [0.4, 0.5) is 0 Å². The van der Waals surface area contributed by atoms with Crippen molar-refractivity contribution in [2.24, 2.45) is 0 Å². The van der Waals surface area contributed by atoms with Crippen molar-refractivity contribution in [2.75, 3.05) is 26.4 Å². The lowest BCUT2D eigenvalue weighted by Crippen LogP contribution is -2.49. The van der Waals surface area contributed by atoms with Gasteiger partial charge in [0.15, 0.2) is 11.7 Å². The van der Waals surface area contributed by atoms with Crippen LogP contribution >= 0.6 is 28.1 Å². The number of hydrogen-bond donors (Lipinski definition) is 3. The summed E-state index contributed by atoms with van der Waals surface area (Å²) in [5.74, 6) is 0.685. The largest absolute Gasteiger partial charge is 0.491 e. The molecule has 0 bridgehead atoms. The Hall–Kier alpha value is -2.69. The van der Waals surface area contributed by atoms with Gasteiger partial charge in [-0.25, -0.2) is 0 Å². The molecule has 178 valence electrons. The first-order valence-electron chi connectivity index (χ1n) is 10.4. The number of hydrazine groups is 1. The minimum absolute atomic E-state index is 0.0483. The van der Waals surface area contributed by atoms with E-state index in [2.05, 4.69) is 45.9 Å². The third kappa shape index (κ3) is 9.37. The van der Waals surface area contributed by atoms with Gasteiger partial charge in [0.05, 0.1) is 11.1 Å². The van der Waals surface area contributed by atoms with E-state index in [-0.39, 0.29) is 11.7 Å². The second-order valence-corrected chi connectivity index (χ2v) is 8.42. The van der Waals surface area contributed by atoms with E-state index >= 15 is 0 Å². The van der Waals surface area contributed by atoms with Gasteiger partial charge in [-0.15, -0.1) is 0 Å². The molecule has 0 atom stereocenters. The Morgan fingerprint density at radius 3 is 2.39 bits per heavy atom. The molecule has 0 aliphatic heterocycles. The van der Waals surface area contributed by atoms with Crippen molar-refractivity contribution in [1.82, 2.24) is 16.2 Å². The van der Waals surface area contributed by atoms with Crippen LogP contribution < -0.4 is 25.6 Å².